The summed E-state index contributed by atoms with van der Waals surface area (Å²) in [7, 11) is 0. The van der Waals surface area contributed by atoms with E-state index in [1.807, 2.05) is 31.2 Å². The van der Waals surface area contributed by atoms with Crippen molar-refractivity contribution in [1.82, 2.24) is 10.3 Å². The smallest absolute Gasteiger partial charge is 0.252 e. The van der Waals surface area contributed by atoms with Crippen LogP contribution in [0.5, 0.6) is 0 Å². The van der Waals surface area contributed by atoms with Gasteiger partial charge in [-0.15, -0.1) is 0 Å². The molecule has 141 valence electrons. The second-order valence-corrected chi connectivity index (χ2v) is 6.55. The Labute approximate surface area is 156 Å². The molecule has 0 saturated carbocycles. The number of pyridine rings is 1. The summed E-state index contributed by atoms with van der Waals surface area (Å²) in [5.41, 5.74) is 1.66. The fourth-order valence-electron chi connectivity index (χ4n) is 3.39. The summed E-state index contributed by atoms with van der Waals surface area (Å²) in [6.45, 7) is 3.55. The monoisotopic (exact) mass is 371 g/mol. The summed E-state index contributed by atoms with van der Waals surface area (Å²) >= 11 is 0. The molecule has 2 N–H and O–H groups in total. The molecule has 1 unspecified atom stereocenters. The summed E-state index contributed by atoms with van der Waals surface area (Å²) in [5, 5.41) is 3.59. The van der Waals surface area contributed by atoms with Gasteiger partial charge in [-0.25, -0.2) is 8.78 Å². The minimum atomic E-state index is -1.46. The molecule has 3 rings (SSSR count). The number of halogens is 2. The molecule has 0 saturated heterocycles. The van der Waals surface area contributed by atoms with Crippen LogP contribution in [0.25, 0.3) is 10.9 Å². The van der Waals surface area contributed by atoms with E-state index in [2.05, 4.69) is 10.3 Å². The van der Waals surface area contributed by atoms with Crippen LogP contribution in [0.2, 0.25) is 0 Å². The fraction of sp³-hybridized carbons (Fsp3) is 0.286. The number of aryl methyl sites for hydroxylation is 1. The van der Waals surface area contributed by atoms with Crippen LogP contribution in [0.1, 0.15) is 25.0 Å². The first-order valence-electron chi connectivity index (χ1n) is 8.89. The van der Waals surface area contributed by atoms with Crippen molar-refractivity contribution < 1.29 is 13.6 Å². The van der Waals surface area contributed by atoms with Gasteiger partial charge in [0.05, 0.1) is 12.3 Å². The standard InChI is InChI=1S/C21H21F2N2O2/c1-3-14-16-6-4-5-7-19(16)25-21(27)17(14)11-20(26)24-12(2)15-9-8-13(22)10-18(15)23/h4-10,12-13H,3,11H2,1-2H3,(H,24,26)(H,25,27)/t12-,13?/m0/s1. The lowest BCUT2D eigenvalue weighted by Gasteiger charge is -2.23. The van der Waals surface area contributed by atoms with Gasteiger partial charge < -0.3 is 10.3 Å². The lowest BCUT2D eigenvalue weighted by molar-refractivity contribution is -0.120. The Morgan fingerprint density at radius 2 is 2.04 bits per heavy atom. The highest BCUT2D eigenvalue weighted by Gasteiger charge is 2.26. The van der Waals surface area contributed by atoms with E-state index >= 15 is 0 Å². The number of aromatic amines is 1. The molecular weight excluding hydrogens is 350 g/mol. The van der Waals surface area contributed by atoms with E-state index in [9.17, 15) is 18.4 Å². The number of benzene rings is 1. The lowest BCUT2D eigenvalue weighted by atomic mass is 9.93. The molecule has 2 aromatic rings. The summed E-state index contributed by atoms with van der Waals surface area (Å²) < 4.78 is 27.0. The molecule has 1 heterocycles. The summed E-state index contributed by atoms with van der Waals surface area (Å²) in [4.78, 5) is 27.7. The van der Waals surface area contributed by atoms with Crippen LogP contribution in [0.3, 0.4) is 0 Å². The molecular formula is C21H21F2N2O2. The Balaban J connectivity index is 1.80. The maximum absolute atomic E-state index is 13.9. The number of aromatic nitrogens is 1. The first-order valence-corrected chi connectivity index (χ1v) is 8.89. The van der Waals surface area contributed by atoms with E-state index in [1.54, 1.807) is 6.92 Å². The SMILES string of the molecule is CCc1c(CC(=O)N[C@@H](C)[C]2C=CC(F)C=C2F)c(=O)[nH]c2ccccc12. The Bertz CT molecular complexity index is 978. The minimum absolute atomic E-state index is 0.109. The number of hydrogen-bond acceptors (Lipinski definition) is 2. The number of carbonyl (C=O) groups is 1. The zero-order chi connectivity index (χ0) is 19.6. The van der Waals surface area contributed by atoms with Crippen molar-refractivity contribution in [2.24, 2.45) is 0 Å². The van der Waals surface area contributed by atoms with E-state index in [1.165, 1.54) is 12.2 Å². The highest BCUT2D eigenvalue weighted by molar-refractivity contribution is 5.86. The molecule has 1 amide bonds. The number of carbonyl (C=O) groups excluding carboxylic acids is 1. The molecule has 0 aliphatic heterocycles. The normalized spacial score (nSPS) is 18.4. The van der Waals surface area contributed by atoms with Crippen LogP contribution in [0.4, 0.5) is 8.78 Å². The highest BCUT2D eigenvalue weighted by Crippen LogP contribution is 2.27. The van der Waals surface area contributed by atoms with Gasteiger partial charge in [0.2, 0.25) is 5.91 Å². The first-order chi connectivity index (χ1) is 12.9. The number of allylic oxidation sites excluding steroid dienone is 2. The molecule has 1 aromatic heterocycles. The van der Waals surface area contributed by atoms with Crippen LogP contribution in [0, 0.1) is 5.92 Å². The predicted octanol–water partition coefficient (Wildman–Crippen LogP) is 3.47. The van der Waals surface area contributed by atoms with Gasteiger partial charge in [0.25, 0.3) is 5.56 Å². The Morgan fingerprint density at radius 1 is 1.30 bits per heavy atom. The number of alkyl halides is 1. The molecule has 0 bridgehead atoms. The van der Waals surface area contributed by atoms with E-state index in [0.29, 0.717) is 12.0 Å². The average molecular weight is 371 g/mol. The molecule has 2 atom stereocenters. The Morgan fingerprint density at radius 3 is 2.74 bits per heavy atom. The van der Waals surface area contributed by atoms with Crippen molar-refractivity contribution in [1.29, 1.82) is 0 Å². The zero-order valence-electron chi connectivity index (χ0n) is 15.2. The van der Waals surface area contributed by atoms with Crippen molar-refractivity contribution in [3.8, 4) is 0 Å². The maximum atomic E-state index is 13.9. The first kappa shape index (κ1) is 19.0. The molecule has 27 heavy (non-hydrogen) atoms. The van der Waals surface area contributed by atoms with Gasteiger partial charge in [0.15, 0.2) is 0 Å². The Kier molecular flexibility index (Phi) is 5.54. The average Bonchev–Trinajstić information content (AvgIpc) is 2.62. The summed E-state index contributed by atoms with van der Waals surface area (Å²) in [6, 6.07) is 6.81. The second kappa shape index (κ2) is 7.86. The van der Waals surface area contributed by atoms with E-state index in [4.69, 9.17) is 0 Å². The van der Waals surface area contributed by atoms with Gasteiger partial charge in [-0.05, 0) is 37.1 Å². The lowest BCUT2D eigenvalue weighted by Crippen LogP contribution is -2.39. The van der Waals surface area contributed by atoms with Crippen LogP contribution < -0.4 is 10.9 Å². The van der Waals surface area contributed by atoms with Crippen molar-refractivity contribution in [2.75, 3.05) is 0 Å². The van der Waals surface area contributed by atoms with Crippen LogP contribution in [0.15, 0.2) is 53.1 Å². The van der Waals surface area contributed by atoms with Crippen molar-refractivity contribution in [3.05, 3.63) is 75.7 Å². The molecule has 1 aliphatic rings. The molecule has 1 radical (unpaired) electrons. The number of H-pyrrole nitrogens is 1. The van der Waals surface area contributed by atoms with E-state index in [-0.39, 0.29) is 17.9 Å². The largest absolute Gasteiger partial charge is 0.352 e. The third-order valence-corrected chi connectivity index (χ3v) is 4.71. The number of para-hydroxylation sites is 1. The van der Waals surface area contributed by atoms with Gasteiger partial charge in [0, 0.05) is 22.5 Å². The third-order valence-electron chi connectivity index (χ3n) is 4.71. The second-order valence-electron chi connectivity index (χ2n) is 6.55. The molecule has 4 nitrogen and oxygen atoms in total. The topological polar surface area (TPSA) is 62.0 Å². The predicted molar refractivity (Wildman–Crippen MR) is 102 cm³/mol. The van der Waals surface area contributed by atoms with Crippen molar-refractivity contribution in [3.63, 3.8) is 0 Å². The van der Waals surface area contributed by atoms with Gasteiger partial charge in [-0.1, -0.05) is 31.2 Å². The molecule has 1 aliphatic carbocycles. The van der Waals surface area contributed by atoms with Gasteiger partial charge >= 0.3 is 0 Å². The van der Waals surface area contributed by atoms with E-state index < -0.39 is 23.9 Å². The van der Waals surface area contributed by atoms with Crippen molar-refractivity contribution >= 4 is 16.8 Å². The number of fused-ring (bicyclic) bond motifs is 1. The number of amides is 1. The molecule has 1 aromatic carbocycles. The molecule has 0 fully saturated rings. The van der Waals surface area contributed by atoms with Gasteiger partial charge in [-0.2, -0.15) is 0 Å². The minimum Gasteiger partial charge on any atom is -0.352 e. The van der Waals surface area contributed by atoms with Crippen LogP contribution in [-0.2, 0) is 17.6 Å². The van der Waals surface area contributed by atoms with Crippen LogP contribution in [-0.4, -0.2) is 23.1 Å². The number of nitrogens with one attached hydrogen (secondary N) is 2. The zero-order valence-corrected chi connectivity index (χ0v) is 15.2. The summed E-state index contributed by atoms with van der Waals surface area (Å²) in [5.74, 6) is -0.870. The Hall–Kier alpha value is -2.76. The maximum Gasteiger partial charge on any atom is 0.252 e. The summed E-state index contributed by atoms with van der Waals surface area (Å²) in [6.07, 6.45) is 2.47. The fourth-order valence-corrected chi connectivity index (χ4v) is 3.39. The van der Waals surface area contributed by atoms with Gasteiger partial charge in [-0.3, -0.25) is 9.59 Å². The van der Waals surface area contributed by atoms with Crippen LogP contribution >= 0.6 is 0 Å². The van der Waals surface area contributed by atoms with Gasteiger partial charge in [0.1, 0.15) is 12.0 Å². The highest BCUT2D eigenvalue weighted by atomic mass is 19.1. The number of rotatable bonds is 5. The molecule has 6 heteroatoms. The van der Waals surface area contributed by atoms with E-state index in [0.717, 1.165) is 22.5 Å². The quantitative estimate of drug-likeness (QED) is 0.845. The van der Waals surface area contributed by atoms with Crippen molar-refractivity contribution in [2.45, 2.75) is 38.9 Å². The number of hydrogen-bond donors (Lipinski definition) is 2. The molecule has 0 spiro atoms. The third kappa shape index (κ3) is 3.99.